The minimum absolute atomic E-state index is 0.0896. The Kier molecular flexibility index (Phi) is 6.87. The zero-order chi connectivity index (χ0) is 25.1. The van der Waals surface area contributed by atoms with Gasteiger partial charge in [-0.15, -0.1) is 11.8 Å². The molecule has 2 heterocycles. The fourth-order valence-electron chi connectivity index (χ4n) is 3.25. The molecule has 2 aromatic heterocycles. The van der Waals surface area contributed by atoms with Crippen molar-refractivity contribution in [3.05, 3.63) is 48.0 Å². The first-order chi connectivity index (χ1) is 16.8. The second-order valence-electron chi connectivity index (χ2n) is 7.09. The van der Waals surface area contributed by atoms with Crippen LogP contribution in [0.1, 0.15) is 0 Å². The Morgan fingerprint density at radius 1 is 1.17 bits per heavy atom. The summed E-state index contributed by atoms with van der Waals surface area (Å²) >= 11 is 1.26. The number of carbonyl (C=O) groups excluding carboxylic acids is 1. The Morgan fingerprint density at radius 2 is 1.94 bits per heavy atom. The Bertz CT molecular complexity index is 1390. The van der Waals surface area contributed by atoms with Crippen LogP contribution in [-0.4, -0.2) is 46.3 Å². The van der Waals surface area contributed by atoms with E-state index < -0.39 is 17.5 Å². The highest BCUT2D eigenvalue weighted by atomic mass is 32.2. The van der Waals surface area contributed by atoms with Gasteiger partial charge in [0.2, 0.25) is 11.7 Å². The summed E-state index contributed by atoms with van der Waals surface area (Å²) in [5.41, 5.74) is 6.92. The van der Waals surface area contributed by atoms with Gasteiger partial charge in [-0.05, 0) is 36.6 Å². The second-order valence-corrected chi connectivity index (χ2v) is 7.89. The summed E-state index contributed by atoms with van der Waals surface area (Å²) in [5.74, 6) is -0.605. The number of nitrogen functional groups attached to an aromatic ring is 1. The molecule has 0 unspecified atom stereocenters. The quantitative estimate of drug-likeness (QED) is 0.345. The molecule has 1 amide bonds. The van der Waals surface area contributed by atoms with E-state index in [1.807, 2.05) is 0 Å². The van der Waals surface area contributed by atoms with Crippen molar-refractivity contribution in [2.24, 2.45) is 0 Å². The van der Waals surface area contributed by atoms with E-state index in [-0.39, 0.29) is 29.8 Å². The van der Waals surface area contributed by atoms with Crippen LogP contribution in [0.4, 0.5) is 20.3 Å². The lowest BCUT2D eigenvalue weighted by Crippen LogP contribution is -2.21. The SMILES string of the molecule is COc1ccc(-c2noc(-c3c(SC)nn(CC(=O)Nc4cc(F)ccc4F)c3N)n2)cc1OC. The van der Waals surface area contributed by atoms with Crippen LogP contribution in [-0.2, 0) is 11.3 Å². The van der Waals surface area contributed by atoms with Gasteiger partial charge >= 0.3 is 0 Å². The van der Waals surface area contributed by atoms with E-state index >= 15 is 0 Å². The molecule has 4 aromatic rings. The molecular formula is C22H20F2N6O4S. The number of aromatic nitrogens is 4. The predicted octanol–water partition coefficient (Wildman–Crippen LogP) is 3.84. The van der Waals surface area contributed by atoms with Crippen molar-refractivity contribution in [2.45, 2.75) is 11.6 Å². The van der Waals surface area contributed by atoms with Crippen LogP contribution in [0.5, 0.6) is 11.5 Å². The van der Waals surface area contributed by atoms with Crippen molar-refractivity contribution in [1.29, 1.82) is 0 Å². The van der Waals surface area contributed by atoms with E-state index in [0.717, 1.165) is 18.2 Å². The summed E-state index contributed by atoms with van der Waals surface area (Å²) < 4.78 is 44.4. The summed E-state index contributed by atoms with van der Waals surface area (Å²) in [6.07, 6.45) is 1.77. The number of ether oxygens (including phenoxy) is 2. The zero-order valence-electron chi connectivity index (χ0n) is 18.8. The molecule has 0 saturated heterocycles. The molecule has 0 aliphatic heterocycles. The fraction of sp³-hybridized carbons (Fsp3) is 0.182. The number of nitrogens with zero attached hydrogens (tertiary/aromatic N) is 4. The fourth-order valence-corrected chi connectivity index (χ4v) is 3.83. The average Bonchev–Trinajstić information content (AvgIpc) is 3.45. The maximum absolute atomic E-state index is 13.9. The molecule has 0 aliphatic carbocycles. The largest absolute Gasteiger partial charge is 0.493 e. The maximum atomic E-state index is 13.9. The third-order valence-corrected chi connectivity index (χ3v) is 5.60. The number of methoxy groups -OCH3 is 2. The number of carbonyl (C=O) groups is 1. The number of benzene rings is 2. The van der Waals surface area contributed by atoms with Crippen molar-refractivity contribution in [3.8, 4) is 34.3 Å². The number of hydrogen-bond donors (Lipinski definition) is 2. The summed E-state index contributed by atoms with van der Waals surface area (Å²) in [6.45, 7) is -0.355. The third kappa shape index (κ3) is 4.89. The highest BCUT2D eigenvalue weighted by Crippen LogP contribution is 2.36. The Labute approximate surface area is 202 Å². The van der Waals surface area contributed by atoms with E-state index in [9.17, 15) is 13.6 Å². The maximum Gasteiger partial charge on any atom is 0.264 e. The number of thioether (sulfide) groups is 1. The molecule has 10 nitrogen and oxygen atoms in total. The van der Waals surface area contributed by atoms with E-state index in [2.05, 4.69) is 20.6 Å². The minimum Gasteiger partial charge on any atom is -0.493 e. The lowest BCUT2D eigenvalue weighted by atomic mass is 10.2. The van der Waals surface area contributed by atoms with Gasteiger partial charge in [0.1, 0.15) is 34.6 Å². The first-order valence-corrected chi connectivity index (χ1v) is 11.3. The van der Waals surface area contributed by atoms with Crippen LogP contribution in [0, 0.1) is 11.6 Å². The van der Waals surface area contributed by atoms with E-state index in [4.69, 9.17) is 19.7 Å². The second kappa shape index (κ2) is 10.0. The van der Waals surface area contributed by atoms with Gasteiger partial charge < -0.3 is 25.0 Å². The molecule has 0 aliphatic rings. The first kappa shape index (κ1) is 24.0. The van der Waals surface area contributed by atoms with Crippen LogP contribution in [0.15, 0.2) is 45.9 Å². The lowest BCUT2D eigenvalue weighted by molar-refractivity contribution is -0.116. The van der Waals surface area contributed by atoms with E-state index in [0.29, 0.717) is 27.7 Å². The molecule has 0 radical (unpaired) electrons. The Balaban J connectivity index is 1.60. The number of halogens is 2. The van der Waals surface area contributed by atoms with Crippen molar-refractivity contribution < 1.29 is 27.6 Å². The normalized spacial score (nSPS) is 10.9. The van der Waals surface area contributed by atoms with Gasteiger partial charge in [-0.3, -0.25) is 4.79 Å². The molecule has 35 heavy (non-hydrogen) atoms. The van der Waals surface area contributed by atoms with Crippen molar-refractivity contribution in [2.75, 3.05) is 31.5 Å². The molecule has 3 N–H and O–H groups in total. The molecule has 0 atom stereocenters. The van der Waals surface area contributed by atoms with Crippen LogP contribution >= 0.6 is 11.8 Å². The van der Waals surface area contributed by atoms with Gasteiger partial charge in [0.05, 0.1) is 19.9 Å². The smallest absolute Gasteiger partial charge is 0.264 e. The molecule has 182 valence electrons. The third-order valence-electron chi connectivity index (χ3n) is 4.93. The Morgan fingerprint density at radius 3 is 2.66 bits per heavy atom. The summed E-state index contributed by atoms with van der Waals surface area (Å²) in [6, 6.07) is 7.91. The zero-order valence-corrected chi connectivity index (χ0v) is 19.7. The number of hydrogen-bond acceptors (Lipinski definition) is 9. The topological polar surface area (TPSA) is 130 Å². The highest BCUT2D eigenvalue weighted by molar-refractivity contribution is 7.98. The van der Waals surface area contributed by atoms with E-state index in [1.165, 1.54) is 30.7 Å². The molecule has 0 fully saturated rings. The van der Waals surface area contributed by atoms with Crippen LogP contribution in [0.25, 0.3) is 22.8 Å². The molecule has 4 rings (SSSR count). The molecule has 0 bridgehead atoms. The number of rotatable bonds is 8. The molecule has 0 saturated carbocycles. The van der Waals surface area contributed by atoms with Gasteiger partial charge in [-0.25, -0.2) is 13.5 Å². The van der Waals surface area contributed by atoms with Gasteiger partial charge in [-0.2, -0.15) is 10.1 Å². The van der Waals surface area contributed by atoms with Crippen molar-refractivity contribution in [3.63, 3.8) is 0 Å². The number of anilines is 2. The summed E-state index contributed by atoms with van der Waals surface area (Å²) in [7, 11) is 3.05. The lowest BCUT2D eigenvalue weighted by Gasteiger charge is -2.08. The monoisotopic (exact) mass is 502 g/mol. The van der Waals surface area contributed by atoms with Gasteiger partial charge in [0, 0.05) is 11.6 Å². The first-order valence-electron chi connectivity index (χ1n) is 10.1. The van der Waals surface area contributed by atoms with Gasteiger partial charge in [-0.1, -0.05) is 5.16 Å². The average molecular weight is 503 g/mol. The number of amides is 1. The molecular weight excluding hydrogens is 482 g/mol. The van der Waals surface area contributed by atoms with Crippen molar-refractivity contribution in [1.82, 2.24) is 19.9 Å². The molecule has 0 spiro atoms. The molecule has 2 aromatic carbocycles. The van der Waals surface area contributed by atoms with Crippen molar-refractivity contribution >= 4 is 29.2 Å². The van der Waals surface area contributed by atoms with Crippen LogP contribution in [0.2, 0.25) is 0 Å². The predicted molar refractivity (Wildman–Crippen MR) is 125 cm³/mol. The van der Waals surface area contributed by atoms with Crippen LogP contribution < -0.4 is 20.5 Å². The molecule has 13 heteroatoms. The number of nitrogens with two attached hydrogens (primary N) is 1. The standard InChI is InChI=1S/C22H20F2N6O4S/c1-32-15-7-4-11(8-16(15)33-2)20-27-21(34-29-20)18-19(25)30(28-22(18)35-3)10-17(31)26-14-9-12(23)5-6-13(14)24/h4-9H,10,25H2,1-3H3,(H,26,31). The minimum atomic E-state index is -0.771. The summed E-state index contributed by atoms with van der Waals surface area (Å²) in [4.78, 5) is 16.9. The van der Waals surface area contributed by atoms with E-state index in [1.54, 1.807) is 24.5 Å². The highest BCUT2D eigenvalue weighted by Gasteiger charge is 2.24. The number of nitrogens with one attached hydrogen (secondary N) is 1. The van der Waals surface area contributed by atoms with Crippen LogP contribution in [0.3, 0.4) is 0 Å². The van der Waals surface area contributed by atoms with Gasteiger partial charge in [0.15, 0.2) is 11.5 Å². The Hall–Kier alpha value is -4.13. The van der Waals surface area contributed by atoms with Gasteiger partial charge in [0.25, 0.3) is 5.89 Å². The summed E-state index contributed by atoms with van der Waals surface area (Å²) in [5, 5.41) is 11.1.